The fraction of sp³-hybridized carbons (Fsp3) is 0.208. The average Bonchev–Trinajstić information content (AvgIpc) is 3.30. The van der Waals surface area contributed by atoms with E-state index in [-0.39, 0.29) is 22.6 Å². The molecular weight excluding hydrogens is 421 g/mol. The van der Waals surface area contributed by atoms with Crippen molar-refractivity contribution >= 4 is 27.9 Å². The smallest absolute Gasteiger partial charge is 0.266 e. The van der Waals surface area contributed by atoms with Crippen LogP contribution >= 0.6 is 0 Å². The molecule has 8 nitrogen and oxygen atoms in total. The Kier molecular flexibility index (Phi) is 5.08. The Morgan fingerprint density at radius 1 is 1.12 bits per heavy atom. The van der Waals surface area contributed by atoms with E-state index >= 15 is 0 Å². The number of imidazole rings is 1. The number of para-hydroxylation sites is 1. The van der Waals surface area contributed by atoms with Gasteiger partial charge in [0.2, 0.25) is 0 Å². The molecule has 0 saturated carbocycles. The van der Waals surface area contributed by atoms with Gasteiger partial charge in [0, 0.05) is 0 Å². The van der Waals surface area contributed by atoms with Gasteiger partial charge in [-0.2, -0.15) is 0 Å². The Morgan fingerprint density at radius 3 is 2.73 bits per heavy atom. The summed E-state index contributed by atoms with van der Waals surface area (Å²) >= 11 is 0. The number of nitrogens with one attached hydrogen (secondary N) is 2. The van der Waals surface area contributed by atoms with Crippen LogP contribution < -0.4 is 10.9 Å². The van der Waals surface area contributed by atoms with E-state index < -0.39 is 5.82 Å². The highest BCUT2D eigenvalue weighted by molar-refractivity contribution is 5.83. The third-order valence-corrected chi connectivity index (χ3v) is 5.87. The fourth-order valence-electron chi connectivity index (χ4n) is 4.09. The number of aromatic amines is 1. The van der Waals surface area contributed by atoms with Crippen LogP contribution in [0.4, 0.5) is 10.2 Å². The highest BCUT2D eigenvalue weighted by atomic mass is 19.1. The SMILES string of the molecule is CC[C@H](Nc1ncnc2nc[nH]c12)c1nc2ccc(F)c(C)c2c(=O)n1-c1ccccc1C. The average molecular weight is 443 g/mol. The summed E-state index contributed by atoms with van der Waals surface area (Å²) in [4.78, 5) is 34.4. The van der Waals surface area contributed by atoms with E-state index in [4.69, 9.17) is 4.98 Å². The molecule has 5 aromatic rings. The number of rotatable bonds is 5. The summed E-state index contributed by atoms with van der Waals surface area (Å²) in [6, 6.07) is 10.1. The van der Waals surface area contributed by atoms with Crippen LogP contribution in [0.15, 0.2) is 53.8 Å². The van der Waals surface area contributed by atoms with Crippen LogP contribution in [-0.2, 0) is 0 Å². The summed E-state index contributed by atoms with van der Waals surface area (Å²) in [5.41, 5.74) is 3.24. The Hall–Kier alpha value is -4.14. The van der Waals surface area contributed by atoms with Gasteiger partial charge in [-0.25, -0.2) is 24.3 Å². The Bertz CT molecular complexity index is 1560. The molecule has 0 fully saturated rings. The minimum absolute atomic E-state index is 0.273. The number of H-pyrrole nitrogens is 1. The summed E-state index contributed by atoms with van der Waals surface area (Å²) in [6.07, 6.45) is 3.61. The zero-order chi connectivity index (χ0) is 23.1. The normalized spacial score (nSPS) is 12.4. The first-order valence-electron chi connectivity index (χ1n) is 10.7. The molecule has 9 heteroatoms. The van der Waals surface area contributed by atoms with Gasteiger partial charge >= 0.3 is 0 Å². The molecule has 0 spiro atoms. The van der Waals surface area contributed by atoms with Gasteiger partial charge in [0.25, 0.3) is 5.56 Å². The molecule has 0 radical (unpaired) electrons. The second kappa shape index (κ2) is 8.09. The first-order valence-corrected chi connectivity index (χ1v) is 10.7. The van der Waals surface area contributed by atoms with E-state index in [1.54, 1.807) is 23.9 Å². The molecule has 0 aliphatic rings. The molecule has 2 N–H and O–H groups in total. The lowest BCUT2D eigenvalue weighted by Gasteiger charge is -2.23. The Labute approximate surface area is 188 Å². The topological polar surface area (TPSA) is 101 Å². The second-order valence-corrected chi connectivity index (χ2v) is 7.89. The number of benzene rings is 2. The summed E-state index contributed by atoms with van der Waals surface area (Å²) in [5, 5.41) is 3.68. The highest BCUT2D eigenvalue weighted by Crippen LogP contribution is 2.27. The van der Waals surface area contributed by atoms with Crippen molar-refractivity contribution in [3.8, 4) is 5.69 Å². The zero-order valence-electron chi connectivity index (χ0n) is 18.4. The van der Waals surface area contributed by atoms with Crippen molar-refractivity contribution in [2.45, 2.75) is 33.2 Å². The quantitative estimate of drug-likeness (QED) is 0.418. The van der Waals surface area contributed by atoms with Crippen LogP contribution in [-0.4, -0.2) is 29.5 Å². The molecule has 1 atom stereocenters. The molecule has 0 aliphatic heterocycles. The van der Waals surface area contributed by atoms with Crippen LogP contribution in [0.25, 0.3) is 27.8 Å². The number of nitrogens with zero attached hydrogens (tertiary/aromatic N) is 5. The number of anilines is 1. The lowest BCUT2D eigenvalue weighted by Crippen LogP contribution is -2.29. The maximum atomic E-state index is 14.4. The van der Waals surface area contributed by atoms with Crippen LogP contribution in [0.5, 0.6) is 0 Å². The molecule has 3 heterocycles. The van der Waals surface area contributed by atoms with Gasteiger partial charge in [0.15, 0.2) is 11.5 Å². The number of aromatic nitrogens is 6. The van der Waals surface area contributed by atoms with Crippen LogP contribution in [0.3, 0.4) is 0 Å². The molecule has 5 rings (SSSR count). The van der Waals surface area contributed by atoms with Crippen molar-refractivity contribution < 1.29 is 4.39 Å². The molecular formula is C24H22FN7O. The van der Waals surface area contributed by atoms with Crippen LogP contribution in [0.1, 0.15) is 36.3 Å². The van der Waals surface area contributed by atoms with Gasteiger partial charge in [0.1, 0.15) is 23.5 Å². The van der Waals surface area contributed by atoms with Gasteiger partial charge in [-0.15, -0.1) is 0 Å². The number of fused-ring (bicyclic) bond motifs is 2. The zero-order valence-corrected chi connectivity index (χ0v) is 18.4. The monoisotopic (exact) mass is 443 g/mol. The van der Waals surface area contributed by atoms with Crippen LogP contribution in [0.2, 0.25) is 0 Å². The lowest BCUT2D eigenvalue weighted by molar-refractivity contribution is 0.619. The van der Waals surface area contributed by atoms with Crippen molar-refractivity contribution in [3.05, 3.63) is 82.2 Å². The lowest BCUT2D eigenvalue weighted by atomic mass is 10.1. The first kappa shape index (κ1) is 20.7. The van der Waals surface area contributed by atoms with Crippen LogP contribution in [0, 0.1) is 19.7 Å². The predicted octanol–water partition coefficient (Wildman–Crippen LogP) is 4.37. The predicted molar refractivity (Wildman–Crippen MR) is 125 cm³/mol. The van der Waals surface area contributed by atoms with Crippen molar-refractivity contribution in [2.75, 3.05) is 5.32 Å². The minimum atomic E-state index is -0.432. The molecule has 0 aliphatic carbocycles. The van der Waals surface area contributed by atoms with Gasteiger partial charge in [-0.05, 0) is 49.6 Å². The van der Waals surface area contributed by atoms with E-state index in [1.807, 2.05) is 38.1 Å². The molecule has 0 amide bonds. The molecule has 0 saturated heterocycles. The molecule has 0 bridgehead atoms. The number of aryl methyl sites for hydroxylation is 2. The summed E-state index contributed by atoms with van der Waals surface area (Å²) in [7, 11) is 0. The van der Waals surface area contributed by atoms with E-state index in [2.05, 4.69) is 25.3 Å². The van der Waals surface area contributed by atoms with Gasteiger partial charge in [-0.3, -0.25) is 9.36 Å². The molecule has 166 valence electrons. The van der Waals surface area contributed by atoms with Crippen molar-refractivity contribution in [1.82, 2.24) is 29.5 Å². The maximum Gasteiger partial charge on any atom is 0.266 e. The van der Waals surface area contributed by atoms with Crippen molar-refractivity contribution in [1.29, 1.82) is 0 Å². The van der Waals surface area contributed by atoms with Gasteiger partial charge in [0.05, 0.1) is 29.0 Å². The van der Waals surface area contributed by atoms with E-state index in [9.17, 15) is 9.18 Å². The minimum Gasteiger partial charge on any atom is -0.358 e. The molecule has 3 aromatic heterocycles. The largest absolute Gasteiger partial charge is 0.358 e. The number of hydrogen-bond acceptors (Lipinski definition) is 6. The van der Waals surface area contributed by atoms with E-state index in [0.29, 0.717) is 40.4 Å². The molecule has 2 aromatic carbocycles. The molecule has 0 unspecified atom stereocenters. The van der Waals surface area contributed by atoms with Gasteiger partial charge in [-0.1, -0.05) is 25.1 Å². The fourth-order valence-corrected chi connectivity index (χ4v) is 4.09. The molecule has 33 heavy (non-hydrogen) atoms. The summed E-state index contributed by atoms with van der Waals surface area (Å²) in [6.45, 7) is 5.53. The van der Waals surface area contributed by atoms with E-state index in [0.717, 1.165) is 5.56 Å². The Morgan fingerprint density at radius 2 is 1.94 bits per heavy atom. The van der Waals surface area contributed by atoms with E-state index in [1.165, 1.54) is 12.4 Å². The van der Waals surface area contributed by atoms with Gasteiger partial charge < -0.3 is 10.3 Å². The maximum absolute atomic E-state index is 14.4. The van der Waals surface area contributed by atoms with Crippen molar-refractivity contribution in [2.24, 2.45) is 0 Å². The first-order chi connectivity index (χ1) is 16.0. The number of hydrogen-bond donors (Lipinski definition) is 2. The third-order valence-electron chi connectivity index (χ3n) is 5.87. The Balaban J connectivity index is 1.78. The third kappa shape index (κ3) is 3.42. The van der Waals surface area contributed by atoms with Crippen molar-refractivity contribution in [3.63, 3.8) is 0 Å². The number of halogens is 1. The standard InChI is InChI=1S/C24H22FN7O/c1-4-16(30-22-20-21(27-11-26-20)28-12-29-22)23-31-17-10-9-15(25)14(3)19(17)24(33)32(23)18-8-6-5-7-13(18)2/h5-12,16H,4H2,1-3H3,(H2,26,27,28,29,30)/t16-/m0/s1. The summed E-state index contributed by atoms with van der Waals surface area (Å²) < 4.78 is 15.9. The second-order valence-electron chi connectivity index (χ2n) is 7.89. The highest BCUT2D eigenvalue weighted by Gasteiger charge is 2.23. The summed E-state index contributed by atoms with van der Waals surface area (Å²) in [5.74, 6) is 0.644.